The van der Waals surface area contributed by atoms with Gasteiger partial charge in [0.2, 0.25) is 0 Å². The maximum absolute atomic E-state index is 10.6. The number of aromatic nitrogens is 2. The zero-order valence-corrected chi connectivity index (χ0v) is 9.42. The number of hydrogen-bond acceptors (Lipinski definition) is 4. The van der Waals surface area contributed by atoms with Crippen molar-refractivity contribution in [3.05, 3.63) is 18.1 Å². The molecule has 2 unspecified atom stereocenters. The SMILES string of the molecule is CC1CC1CN(C)c1cnc(C(=O)O)cn1. The second-order valence-electron chi connectivity index (χ2n) is 4.42. The monoisotopic (exact) mass is 221 g/mol. The lowest BCUT2D eigenvalue weighted by atomic mass is 10.3. The van der Waals surface area contributed by atoms with E-state index in [9.17, 15) is 4.79 Å². The van der Waals surface area contributed by atoms with E-state index in [1.807, 2.05) is 11.9 Å². The van der Waals surface area contributed by atoms with Gasteiger partial charge in [-0.15, -0.1) is 0 Å². The van der Waals surface area contributed by atoms with Crippen molar-refractivity contribution in [2.24, 2.45) is 11.8 Å². The standard InChI is InChI=1S/C11H15N3O2/c1-7-3-8(7)6-14(2)10-5-12-9(4-13-10)11(15)16/h4-5,7-8H,3,6H2,1-2H3,(H,15,16). The average molecular weight is 221 g/mol. The first-order valence-electron chi connectivity index (χ1n) is 5.34. The molecule has 1 fully saturated rings. The first-order valence-corrected chi connectivity index (χ1v) is 5.34. The molecule has 1 aromatic rings. The van der Waals surface area contributed by atoms with Gasteiger partial charge in [-0.2, -0.15) is 0 Å². The van der Waals surface area contributed by atoms with Gasteiger partial charge in [0.05, 0.1) is 12.4 Å². The number of hydrogen-bond donors (Lipinski definition) is 1. The highest BCUT2D eigenvalue weighted by atomic mass is 16.4. The van der Waals surface area contributed by atoms with Gasteiger partial charge in [-0.1, -0.05) is 6.92 Å². The molecular weight excluding hydrogens is 206 g/mol. The Labute approximate surface area is 94.1 Å². The van der Waals surface area contributed by atoms with Crippen LogP contribution in [0.1, 0.15) is 23.8 Å². The zero-order chi connectivity index (χ0) is 11.7. The van der Waals surface area contributed by atoms with Gasteiger partial charge in [0.25, 0.3) is 0 Å². The van der Waals surface area contributed by atoms with Crippen LogP contribution in [0.4, 0.5) is 5.82 Å². The van der Waals surface area contributed by atoms with Gasteiger partial charge in [0, 0.05) is 13.6 Å². The van der Waals surface area contributed by atoms with Crippen molar-refractivity contribution >= 4 is 11.8 Å². The summed E-state index contributed by atoms with van der Waals surface area (Å²) in [7, 11) is 1.95. The second-order valence-corrected chi connectivity index (χ2v) is 4.42. The van der Waals surface area contributed by atoms with Crippen LogP contribution in [0.5, 0.6) is 0 Å². The maximum atomic E-state index is 10.6. The minimum Gasteiger partial charge on any atom is -0.476 e. The van der Waals surface area contributed by atoms with E-state index in [1.54, 1.807) is 0 Å². The molecule has 0 spiro atoms. The van der Waals surface area contributed by atoms with Gasteiger partial charge in [0.15, 0.2) is 5.69 Å². The Balaban J connectivity index is 2.00. The second kappa shape index (κ2) is 4.08. The van der Waals surface area contributed by atoms with Crippen molar-refractivity contribution in [1.29, 1.82) is 0 Å². The lowest BCUT2D eigenvalue weighted by molar-refractivity contribution is 0.0690. The zero-order valence-electron chi connectivity index (χ0n) is 9.42. The summed E-state index contributed by atoms with van der Waals surface area (Å²) >= 11 is 0. The highest BCUT2D eigenvalue weighted by molar-refractivity contribution is 5.84. The van der Waals surface area contributed by atoms with E-state index in [1.165, 1.54) is 18.8 Å². The first kappa shape index (κ1) is 10.9. The third-order valence-electron chi connectivity index (χ3n) is 3.03. The Hall–Kier alpha value is -1.65. The minimum atomic E-state index is -1.04. The Morgan fingerprint density at radius 1 is 1.56 bits per heavy atom. The van der Waals surface area contributed by atoms with Gasteiger partial charge in [0.1, 0.15) is 5.82 Å². The summed E-state index contributed by atoms with van der Waals surface area (Å²) in [6.45, 7) is 3.19. The van der Waals surface area contributed by atoms with Crippen LogP contribution in [0.25, 0.3) is 0 Å². The third kappa shape index (κ3) is 2.29. The van der Waals surface area contributed by atoms with E-state index in [2.05, 4.69) is 16.9 Å². The Morgan fingerprint density at radius 2 is 2.25 bits per heavy atom. The minimum absolute atomic E-state index is 0.0167. The molecule has 0 amide bonds. The van der Waals surface area contributed by atoms with Gasteiger partial charge >= 0.3 is 5.97 Å². The molecule has 0 saturated heterocycles. The lowest BCUT2D eigenvalue weighted by Gasteiger charge is -2.17. The van der Waals surface area contributed by atoms with E-state index in [0.717, 1.165) is 24.2 Å². The van der Waals surface area contributed by atoms with Crippen molar-refractivity contribution in [2.45, 2.75) is 13.3 Å². The largest absolute Gasteiger partial charge is 0.476 e. The van der Waals surface area contributed by atoms with Crippen LogP contribution < -0.4 is 4.90 Å². The van der Waals surface area contributed by atoms with Crippen molar-refractivity contribution in [2.75, 3.05) is 18.5 Å². The Kier molecular flexibility index (Phi) is 2.77. The van der Waals surface area contributed by atoms with E-state index in [0.29, 0.717) is 0 Å². The molecule has 1 aromatic heterocycles. The van der Waals surface area contributed by atoms with Crippen LogP contribution >= 0.6 is 0 Å². The summed E-state index contributed by atoms with van der Waals surface area (Å²) in [5.74, 6) is 1.22. The van der Waals surface area contributed by atoms with Crippen molar-refractivity contribution in [3.8, 4) is 0 Å². The smallest absolute Gasteiger partial charge is 0.356 e. The van der Waals surface area contributed by atoms with Gasteiger partial charge in [-0.3, -0.25) is 0 Å². The maximum Gasteiger partial charge on any atom is 0.356 e. The third-order valence-corrected chi connectivity index (χ3v) is 3.03. The molecule has 16 heavy (non-hydrogen) atoms. The summed E-state index contributed by atoms with van der Waals surface area (Å²) in [5, 5.41) is 8.69. The van der Waals surface area contributed by atoms with Gasteiger partial charge < -0.3 is 10.0 Å². The molecule has 1 aliphatic rings. The van der Waals surface area contributed by atoms with Crippen LogP contribution in [-0.4, -0.2) is 34.6 Å². The normalized spacial score (nSPS) is 22.9. The fourth-order valence-electron chi connectivity index (χ4n) is 1.73. The summed E-state index contributed by atoms with van der Waals surface area (Å²) < 4.78 is 0. The fourth-order valence-corrected chi connectivity index (χ4v) is 1.73. The lowest BCUT2D eigenvalue weighted by Crippen LogP contribution is -2.22. The molecule has 0 aromatic carbocycles. The molecule has 1 heterocycles. The van der Waals surface area contributed by atoms with Crippen LogP contribution in [0.15, 0.2) is 12.4 Å². The number of rotatable bonds is 4. The van der Waals surface area contributed by atoms with E-state index < -0.39 is 5.97 Å². The number of carboxylic acids is 1. The van der Waals surface area contributed by atoms with Crippen molar-refractivity contribution in [1.82, 2.24) is 9.97 Å². The molecule has 5 heteroatoms. The topological polar surface area (TPSA) is 66.3 Å². The Morgan fingerprint density at radius 3 is 2.69 bits per heavy atom. The van der Waals surface area contributed by atoms with Crippen LogP contribution in [-0.2, 0) is 0 Å². The number of carboxylic acid groups (broad SMARTS) is 1. The van der Waals surface area contributed by atoms with Gasteiger partial charge in [-0.25, -0.2) is 14.8 Å². The summed E-state index contributed by atoms with van der Waals surface area (Å²) in [6, 6.07) is 0. The van der Waals surface area contributed by atoms with Crippen LogP contribution in [0.2, 0.25) is 0 Å². The first-order chi connectivity index (χ1) is 7.58. The predicted octanol–water partition coefficient (Wildman–Crippen LogP) is 1.27. The van der Waals surface area contributed by atoms with Crippen molar-refractivity contribution in [3.63, 3.8) is 0 Å². The van der Waals surface area contributed by atoms with E-state index >= 15 is 0 Å². The van der Waals surface area contributed by atoms with E-state index in [4.69, 9.17) is 5.11 Å². The molecule has 0 bridgehead atoms. The van der Waals surface area contributed by atoms with Gasteiger partial charge in [-0.05, 0) is 18.3 Å². The molecular formula is C11H15N3O2. The molecule has 1 aliphatic carbocycles. The fraction of sp³-hybridized carbons (Fsp3) is 0.545. The highest BCUT2D eigenvalue weighted by Crippen LogP contribution is 2.38. The predicted molar refractivity (Wildman–Crippen MR) is 59.5 cm³/mol. The summed E-state index contributed by atoms with van der Waals surface area (Å²) in [4.78, 5) is 20.5. The number of anilines is 1. The average Bonchev–Trinajstić information content (AvgIpc) is 2.94. The molecule has 0 aliphatic heterocycles. The van der Waals surface area contributed by atoms with Crippen LogP contribution in [0.3, 0.4) is 0 Å². The van der Waals surface area contributed by atoms with Crippen molar-refractivity contribution < 1.29 is 9.90 Å². The van der Waals surface area contributed by atoms with Crippen LogP contribution in [0, 0.1) is 11.8 Å². The number of carbonyl (C=O) groups is 1. The summed E-state index contributed by atoms with van der Waals surface area (Å²) in [5.41, 5.74) is -0.0167. The molecule has 86 valence electrons. The molecule has 2 rings (SSSR count). The molecule has 5 nitrogen and oxygen atoms in total. The highest BCUT2D eigenvalue weighted by Gasteiger charge is 2.33. The quantitative estimate of drug-likeness (QED) is 0.829. The molecule has 1 saturated carbocycles. The molecule has 1 N–H and O–H groups in total. The number of aromatic carboxylic acids is 1. The molecule has 0 radical (unpaired) electrons. The number of nitrogens with zero attached hydrogens (tertiary/aromatic N) is 3. The molecule has 2 atom stereocenters. The Bertz CT molecular complexity index is 391. The summed E-state index contributed by atoms with van der Waals surface area (Å²) in [6.07, 6.45) is 4.08. The van der Waals surface area contributed by atoms with E-state index in [-0.39, 0.29) is 5.69 Å².